The highest BCUT2D eigenvalue weighted by Gasteiger charge is 2.56. The number of nitrogens with zero attached hydrogens (tertiary/aromatic N) is 6. The number of hydrogen-bond donors (Lipinski definition) is 2. The fourth-order valence-corrected chi connectivity index (χ4v) is 9.98. The third-order valence-electron chi connectivity index (χ3n) is 13.1. The van der Waals surface area contributed by atoms with Gasteiger partial charge in [0, 0.05) is 74.1 Å². The number of pyridine rings is 1. The van der Waals surface area contributed by atoms with Gasteiger partial charge in [0.05, 0.1) is 40.8 Å². The second-order valence-electron chi connectivity index (χ2n) is 17.6. The van der Waals surface area contributed by atoms with Crippen molar-refractivity contribution in [2.75, 3.05) is 36.4 Å². The molecule has 13 heteroatoms. The summed E-state index contributed by atoms with van der Waals surface area (Å²) < 4.78 is 23.8. The van der Waals surface area contributed by atoms with E-state index in [9.17, 15) is 14.4 Å². The van der Waals surface area contributed by atoms with E-state index >= 15 is 4.39 Å². The van der Waals surface area contributed by atoms with Crippen LogP contribution in [0.4, 0.5) is 21.6 Å². The lowest BCUT2D eigenvalue weighted by molar-refractivity contribution is -0.134. The number of amides is 3. The number of aromatic nitrogens is 3. The maximum atomic E-state index is 15.7. The summed E-state index contributed by atoms with van der Waals surface area (Å²) in [6.45, 7) is 14.2. The van der Waals surface area contributed by atoms with Gasteiger partial charge < -0.3 is 29.7 Å². The van der Waals surface area contributed by atoms with Gasteiger partial charge in [-0.3, -0.25) is 19.3 Å². The summed E-state index contributed by atoms with van der Waals surface area (Å²) in [5, 5.41) is 6.17. The normalized spacial score (nSPS) is 24.1. The number of likely N-dealkylation sites (tertiary alicyclic amines) is 2. The van der Waals surface area contributed by atoms with E-state index in [0.717, 1.165) is 55.6 Å². The fraction of sp³-hybridized carbons (Fsp3) is 0.523. The zero-order chi connectivity index (χ0) is 39.9. The molecule has 2 unspecified atom stereocenters. The monoisotopic (exact) mass is 776 g/mol. The fourth-order valence-electron chi connectivity index (χ4n) is 9.98. The van der Waals surface area contributed by atoms with Crippen molar-refractivity contribution < 1.29 is 23.5 Å². The van der Waals surface area contributed by atoms with Gasteiger partial charge in [-0.15, -0.1) is 0 Å². The standard InChI is InChI=1S/C44H53FN8O4/c1-24(2)47-42(55)33-19-37(35(45)15-26(33)5)49-41-40-38(46-23-52(40)25(3)4)20-36(48-41)28-7-10-34-39(16-28)53(43(56)44(34)11-13-50(14-12-44)27(6)54)30-17-29(18-30)51-21-31-8-9-32(22-51)57-31/h7,10,15-16,19-20,23-25,29-32H,8-9,11-14,17-18,21-22H2,1-6H3,(H,47,55)(H,48,49). The number of halogens is 1. The van der Waals surface area contributed by atoms with Crippen LogP contribution in [0.5, 0.6) is 0 Å². The van der Waals surface area contributed by atoms with E-state index < -0.39 is 11.2 Å². The van der Waals surface area contributed by atoms with Gasteiger partial charge in [0.15, 0.2) is 5.82 Å². The molecule has 1 aliphatic carbocycles. The van der Waals surface area contributed by atoms with Crippen molar-refractivity contribution in [3.05, 3.63) is 65.2 Å². The highest BCUT2D eigenvalue weighted by molar-refractivity contribution is 6.09. The van der Waals surface area contributed by atoms with Gasteiger partial charge in [0.2, 0.25) is 11.8 Å². The molecule has 5 aliphatic rings. The third-order valence-corrected chi connectivity index (χ3v) is 13.1. The van der Waals surface area contributed by atoms with Crippen molar-refractivity contribution >= 4 is 45.9 Å². The van der Waals surface area contributed by atoms with Crippen LogP contribution in [0.15, 0.2) is 42.7 Å². The summed E-state index contributed by atoms with van der Waals surface area (Å²) in [7, 11) is 0. The third kappa shape index (κ3) is 6.47. The second kappa shape index (κ2) is 14.2. The lowest BCUT2D eigenvalue weighted by Crippen LogP contribution is -2.60. The first-order valence-electron chi connectivity index (χ1n) is 20.7. The SMILES string of the molecule is CC(=O)N1CCC2(CC1)C(=O)N(C1CC(N3CC4CCC(C3)O4)C1)c1cc(-c3cc4ncn(C(C)C)c4c(Nc4cc(C(=O)NC(C)C)c(C)cc4F)n3)ccc12. The number of carbonyl (C=O) groups is 3. The average molecular weight is 777 g/mol. The summed E-state index contributed by atoms with van der Waals surface area (Å²) in [5.41, 5.74) is 5.13. The van der Waals surface area contributed by atoms with Crippen LogP contribution in [-0.4, -0.2) is 98.6 Å². The van der Waals surface area contributed by atoms with Gasteiger partial charge in [0.25, 0.3) is 5.91 Å². The predicted octanol–water partition coefficient (Wildman–Crippen LogP) is 6.63. The molecule has 9 rings (SSSR count). The topological polar surface area (TPSA) is 125 Å². The average Bonchev–Trinajstić information content (AvgIpc) is 3.81. The molecule has 2 N–H and O–H groups in total. The lowest BCUT2D eigenvalue weighted by Gasteiger charge is -2.49. The van der Waals surface area contributed by atoms with Gasteiger partial charge >= 0.3 is 0 Å². The van der Waals surface area contributed by atoms with E-state index in [-0.39, 0.29) is 41.5 Å². The Kier molecular flexibility index (Phi) is 9.38. The number of imidazole rings is 1. The second-order valence-corrected chi connectivity index (χ2v) is 17.6. The summed E-state index contributed by atoms with van der Waals surface area (Å²) in [4.78, 5) is 56.7. The summed E-state index contributed by atoms with van der Waals surface area (Å²) in [6.07, 6.45) is 7.66. The van der Waals surface area contributed by atoms with Crippen molar-refractivity contribution in [1.82, 2.24) is 29.7 Å². The van der Waals surface area contributed by atoms with Gasteiger partial charge in [0.1, 0.15) is 11.3 Å². The number of rotatable bonds is 8. The number of benzene rings is 2. The molecule has 6 heterocycles. The van der Waals surface area contributed by atoms with Crippen LogP contribution < -0.4 is 15.5 Å². The Morgan fingerprint density at radius 3 is 2.37 bits per heavy atom. The summed E-state index contributed by atoms with van der Waals surface area (Å²) in [5.74, 6) is -0.191. The zero-order valence-corrected chi connectivity index (χ0v) is 33.8. The van der Waals surface area contributed by atoms with Gasteiger partial charge in [-0.25, -0.2) is 14.4 Å². The van der Waals surface area contributed by atoms with Gasteiger partial charge in [-0.2, -0.15) is 0 Å². The van der Waals surface area contributed by atoms with Crippen molar-refractivity contribution in [2.24, 2.45) is 0 Å². The van der Waals surface area contributed by atoms with Gasteiger partial charge in [-0.05, 0) is 109 Å². The van der Waals surface area contributed by atoms with Crippen molar-refractivity contribution in [1.29, 1.82) is 0 Å². The molecule has 0 radical (unpaired) electrons. The Balaban J connectivity index is 1.09. The minimum absolute atomic E-state index is 0.0374. The molecule has 1 spiro atoms. The number of fused-ring (bicyclic) bond motifs is 5. The molecule has 2 bridgehead atoms. The molecule has 12 nitrogen and oxygen atoms in total. The van der Waals surface area contributed by atoms with Crippen molar-refractivity contribution in [3.63, 3.8) is 0 Å². The van der Waals surface area contributed by atoms with Crippen LogP contribution in [0.2, 0.25) is 0 Å². The number of carbonyl (C=O) groups excluding carboxylic acids is 3. The summed E-state index contributed by atoms with van der Waals surface area (Å²) >= 11 is 0. The summed E-state index contributed by atoms with van der Waals surface area (Å²) in [6, 6.07) is 11.5. The van der Waals surface area contributed by atoms with E-state index in [1.165, 1.54) is 6.07 Å². The molecule has 300 valence electrons. The molecule has 4 aromatic rings. The minimum atomic E-state index is -0.689. The van der Waals surface area contributed by atoms with E-state index in [4.69, 9.17) is 14.7 Å². The molecule has 2 aromatic heterocycles. The molecule has 2 atom stereocenters. The Bertz CT molecular complexity index is 2260. The number of nitrogens with one attached hydrogen (secondary N) is 2. The number of ether oxygens (including phenoxy) is 1. The molecule has 57 heavy (non-hydrogen) atoms. The number of aryl methyl sites for hydroxylation is 1. The molecular weight excluding hydrogens is 724 g/mol. The van der Waals surface area contributed by atoms with E-state index in [2.05, 4.69) is 46.4 Å². The maximum Gasteiger partial charge on any atom is 0.251 e. The smallest absolute Gasteiger partial charge is 0.251 e. The van der Waals surface area contributed by atoms with Crippen LogP contribution in [0, 0.1) is 12.7 Å². The highest BCUT2D eigenvalue weighted by Crippen LogP contribution is 2.52. The molecule has 4 fully saturated rings. The van der Waals surface area contributed by atoms with Crippen molar-refractivity contribution in [3.8, 4) is 11.3 Å². The highest BCUT2D eigenvalue weighted by atomic mass is 19.1. The molecule has 4 aliphatic heterocycles. The quantitative estimate of drug-likeness (QED) is 0.205. The number of hydrogen-bond acceptors (Lipinski definition) is 8. The van der Waals surface area contributed by atoms with Crippen LogP contribution in [0.3, 0.4) is 0 Å². The van der Waals surface area contributed by atoms with E-state index in [1.807, 2.05) is 35.4 Å². The first-order chi connectivity index (χ1) is 27.3. The van der Waals surface area contributed by atoms with E-state index in [0.29, 0.717) is 77.9 Å². The number of anilines is 3. The Morgan fingerprint density at radius 2 is 1.70 bits per heavy atom. The minimum Gasteiger partial charge on any atom is -0.372 e. The largest absolute Gasteiger partial charge is 0.372 e. The molecule has 2 aromatic carbocycles. The first kappa shape index (κ1) is 37.7. The predicted molar refractivity (Wildman–Crippen MR) is 217 cm³/mol. The van der Waals surface area contributed by atoms with Crippen LogP contribution in [-0.2, 0) is 19.7 Å². The Hall–Kier alpha value is -4.88. The maximum absolute atomic E-state index is 15.7. The molecule has 3 saturated heterocycles. The number of piperidine rings is 1. The van der Waals surface area contributed by atoms with E-state index in [1.54, 1.807) is 26.2 Å². The van der Waals surface area contributed by atoms with Crippen LogP contribution in [0.25, 0.3) is 22.3 Å². The Labute approximate surface area is 333 Å². The number of morpholine rings is 1. The lowest BCUT2D eigenvalue weighted by atomic mass is 9.73. The zero-order valence-electron chi connectivity index (χ0n) is 33.8. The van der Waals surface area contributed by atoms with Crippen LogP contribution in [0.1, 0.15) is 101 Å². The molecule has 3 amide bonds. The van der Waals surface area contributed by atoms with Crippen LogP contribution >= 0.6 is 0 Å². The Morgan fingerprint density at radius 1 is 0.982 bits per heavy atom. The first-order valence-corrected chi connectivity index (χ1v) is 20.7. The molecule has 1 saturated carbocycles. The molecular formula is C44H53FN8O4. The van der Waals surface area contributed by atoms with Gasteiger partial charge in [-0.1, -0.05) is 12.1 Å². The van der Waals surface area contributed by atoms with Crippen molar-refractivity contribution in [2.45, 2.75) is 122 Å².